The normalized spacial score (nSPS) is 14.8. The minimum atomic E-state index is -0.0332. The highest BCUT2D eigenvalue weighted by molar-refractivity contribution is 7.09. The van der Waals surface area contributed by atoms with Gasteiger partial charge in [0.05, 0.1) is 10.7 Å². The largest absolute Gasteiger partial charge is 0.356 e. The van der Waals surface area contributed by atoms with Crippen LogP contribution in [0.2, 0.25) is 0 Å². The van der Waals surface area contributed by atoms with E-state index in [1.54, 1.807) is 11.3 Å². The zero-order chi connectivity index (χ0) is 19.2. The maximum absolute atomic E-state index is 12.5. The lowest BCUT2D eigenvalue weighted by atomic mass is 9.98. The van der Waals surface area contributed by atoms with Crippen LogP contribution in [-0.4, -0.2) is 41.5 Å². The van der Waals surface area contributed by atoms with E-state index in [9.17, 15) is 9.59 Å². The van der Waals surface area contributed by atoms with E-state index in [-0.39, 0.29) is 11.9 Å². The Kier molecular flexibility index (Phi) is 6.45. The highest BCUT2D eigenvalue weighted by Crippen LogP contribution is 2.30. The quantitative estimate of drug-likeness (QED) is 0.825. The summed E-state index contributed by atoms with van der Waals surface area (Å²) in [5, 5.41) is 9.00. The number of rotatable bonds is 5. The summed E-state index contributed by atoms with van der Waals surface area (Å²) < 4.78 is 0. The molecule has 0 bridgehead atoms. The van der Waals surface area contributed by atoms with Crippen molar-refractivity contribution in [2.75, 3.05) is 25.0 Å². The fourth-order valence-electron chi connectivity index (χ4n) is 3.25. The van der Waals surface area contributed by atoms with Crippen molar-refractivity contribution < 1.29 is 9.59 Å². The number of carbonyl (C=O) groups excluding carboxylic acids is 2. The van der Waals surface area contributed by atoms with Gasteiger partial charge in [0.1, 0.15) is 0 Å². The van der Waals surface area contributed by atoms with Crippen molar-refractivity contribution in [3.8, 4) is 0 Å². The second-order valence-electron chi connectivity index (χ2n) is 6.97. The Labute approximate surface area is 164 Å². The van der Waals surface area contributed by atoms with Crippen molar-refractivity contribution in [2.24, 2.45) is 0 Å². The predicted molar refractivity (Wildman–Crippen MR) is 108 cm³/mol. The van der Waals surface area contributed by atoms with Crippen molar-refractivity contribution in [3.05, 3.63) is 45.9 Å². The second kappa shape index (κ2) is 8.99. The summed E-state index contributed by atoms with van der Waals surface area (Å²) in [6.07, 6.45) is 2.62. The highest BCUT2D eigenvalue weighted by Gasteiger charge is 2.25. The Hall–Kier alpha value is -2.41. The molecule has 2 heterocycles. The minimum Gasteiger partial charge on any atom is -0.356 e. The first-order valence-corrected chi connectivity index (χ1v) is 10.2. The third kappa shape index (κ3) is 5.53. The number of nitrogens with one attached hydrogen (secondary N) is 2. The number of thiazole rings is 1. The number of hydrogen-bond acceptors (Lipinski definition) is 4. The molecule has 1 saturated heterocycles. The van der Waals surface area contributed by atoms with E-state index < -0.39 is 0 Å². The van der Waals surface area contributed by atoms with Gasteiger partial charge in [-0.2, -0.15) is 0 Å². The molecule has 0 saturated carbocycles. The summed E-state index contributed by atoms with van der Waals surface area (Å²) in [6.45, 7) is 5.64. The van der Waals surface area contributed by atoms with E-state index >= 15 is 0 Å². The number of nitrogens with zero attached hydrogens (tertiary/aromatic N) is 2. The van der Waals surface area contributed by atoms with Crippen LogP contribution in [-0.2, 0) is 11.2 Å². The Balaban J connectivity index is 1.48. The lowest BCUT2D eigenvalue weighted by molar-refractivity contribution is -0.118. The standard InChI is InChI=1S/C20H26N4O2S/c1-14-4-3-5-17(12-14)23-20(26)24-10-7-16(8-11-24)19-22-18(13-27-19)6-9-21-15(2)25/h3-5,12-13,16H,6-11H2,1-2H3,(H,21,25)(H,23,26). The molecule has 1 aliphatic rings. The number of amides is 3. The molecule has 0 unspecified atom stereocenters. The summed E-state index contributed by atoms with van der Waals surface area (Å²) >= 11 is 1.69. The maximum Gasteiger partial charge on any atom is 0.321 e. The van der Waals surface area contributed by atoms with Crippen LogP contribution in [0, 0.1) is 6.92 Å². The Morgan fingerprint density at radius 3 is 2.78 bits per heavy atom. The number of piperidine rings is 1. The number of urea groups is 1. The molecule has 3 rings (SSSR count). The zero-order valence-corrected chi connectivity index (χ0v) is 16.6. The molecule has 27 heavy (non-hydrogen) atoms. The molecule has 2 N–H and O–H groups in total. The van der Waals surface area contributed by atoms with Gasteiger partial charge in [-0.25, -0.2) is 9.78 Å². The highest BCUT2D eigenvalue weighted by atomic mass is 32.1. The van der Waals surface area contributed by atoms with Crippen molar-refractivity contribution >= 4 is 29.0 Å². The Bertz CT molecular complexity index is 797. The van der Waals surface area contributed by atoms with Crippen LogP contribution >= 0.6 is 11.3 Å². The average Bonchev–Trinajstić information content (AvgIpc) is 3.10. The molecule has 1 fully saturated rings. The van der Waals surface area contributed by atoms with Gasteiger partial charge in [0.15, 0.2) is 0 Å². The van der Waals surface area contributed by atoms with E-state index in [1.165, 1.54) is 6.92 Å². The fraction of sp³-hybridized carbons (Fsp3) is 0.450. The number of carbonyl (C=O) groups is 2. The lowest BCUT2D eigenvalue weighted by Crippen LogP contribution is -2.40. The molecule has 0 atom stereocenters. The van der Waals surface area contributed by atoms with Crippen LogP contribution in [0.1, 0.15) is 41.9 Å². The Morgan fingerprint density at radius 1 is 1.30 bits per heavy atom. The van der Waals surface area contributed by atoms with Gasteiger partial charge in [-0.3, -0.25) is 4.79 Å². The first kappa shape index (κ1) is 19.4. The molecule has 144 valence electrons. The molecule has 0 spiro atoms. The minimum absolute atomic E-state index is 0.0123. The molecule has 1 aromatic carbocycles. The monoisotopic (exact) mass is 386 g/mol. The van der Waals surface area contributed by atoms with E-state index in [2.05, 4.69) is 16.0 Å². The molecule has 1 aromatic heterocycles. The van der Waals surface area contributed by atoms with E-state index in [0.717, 1.165) is 54.3 Å². The number of likely N-dealkylation sites (tertiary alicyclic amines) is 1. The average molecular weight is 387 g/mol. The topological polar surface area (TPSA) is 74.3 Å². The van der Waals surface area contributed by atoms with E-state index in [4.69, 9.17) is 4.98 Å². The summed E-state index contributed by atoms with van der Waals surface area (Å²) in [5.74, 6) is 0.398. The lowest BCUT2D eigenvalue weighted by Gasteiger charge is -2.31. The van der Waals surface area contributed by atoms with Crippen molar-refractivity contribution in [3.63, 3.8) is 0 Å². The molecule has 6 nitrogen and oxygen atoms in total. The number of benzene rings is 1. The summed E-state index contributed by atoms with van der Waals surface area (Å²) in [5.41, 5.74) is 3.00. The van der Waals surface area contributed by atoms with Crippen LogP contribution in [0.25, 0.3) is 0 Å². The van der Waals surface area contributed by atoms with E-state index in [0.29, 0.717) is 12.5 Å². The number of aromatic nitrogens is 1. The molecule has 0 aliphatic carbocycles. The molecule has 3 amide bonds. The van der Waals surface area contributed by atoms with Crippen LogP contribution < -0.4 is 10.6 Å². The van der Waals surface area contributed by atoms with Gasteiger partial charge in [-0.1, -0.05) is 12.1 Å². The van der Waals surface area contributed by atoms with E-state index in [1.807, 2.05) is 36.1 Å². The summed E-state index contributed by atoms with van der Waals surface area (Å²) in [7, 11) is 0. The SMILES string of the molecule is CC(=O)NCCc1csc(C2CCN(C(=O)Nc3cccc(C)c3)CC2)n1. The summed E-state index contributed by atoms with van der Waals surface area (Å²) in [6, 6.07) is 7.82. The van der Waals surface area contributed by atoms with Crippen LogP contribution in [0.15, 0.2) is 29.6 Å². The zero-order valence-electron chi connectivity index (χ0n) is 15.8. The van der Waals surface area contributed by atoms with Gasteiger partial charge in [-0.05, 0) is 37.5 Å². The van der Waals surface area contributed by atoms with Crippen LogP contribution in [0.5, 0.6) is 0 Å². The second-order valence-corrected chi connectivity index (χ2v) is 7.86. The number of anilines is 1. The van der Waals surface area contributed by atoms with Gasteiger partial charge >= 0.3 is 6.03 Å². The van der Waals surface area contributed by atoms with Crippen molar-refractivity contribution in [1.29, 1.82) is 0 Å². The molecule has 0 radical (unpaired) electrons. The van der Waals surface area contributed by atoms with Gasteiger partial charge in [0.25, 0.3) is 0 Å². The number of aryl methyl sites for hydroxylation is 1. The molecular formula is C20H26N4O2S. The van der Waals surface area contributed by atoms with Crippen LogP contribution in [0.3, 0.4) is 0 Å². The molecule has 1 aliphatic heterocycles. The smallest absolute Gasteiger partial charge is 0.321 e. The predicted octanol–water partition coefficient (Wildman–Crippen LogP) is 3.54. The van der Waals surface area contributed by atoms with Gasteiger partial charge in [0, 0.05) is 50.0 Å². The van der Waals surface area contributed by atoms with Gasteiger partial charge in [0.2, 0.25) is 5.91 Å². The number of hydrogen-bond donors (Lipinski definition) is 2. The van der Waals surface area contributed by atoms with Crippen molar-refractivity contribution in [2.45, 2.75) is 39.0 Å². The summed E-state index contributed by atoms with van der Waals surface area (Å²) in [4.78, 5) is 30.0. The first-order valence-electron chi connectivity index (χ1n) is 9.32. The van der Waals surface area contributed by atoms with Crippen LogP contribution in [0.4, 0.5) is 10.5 Å². The molecule has 2 aromatic rings. The molecule has 7 heteroatoms. The first-order chi connectivity index (χ1) is 13.0. The van der Waals surface area contributed by atoms with Gasteiger partial charge in [-0.15, -0.1) is 11.3 Å². The van der Waals surface area contributed by atoms with Gasteiger partial charge < -0.3 is 15.5 Å². The Morgan fingerprint density at radius 2 is 2.07 bits per heavy atom. The third-order valence-corrected chi connectivity index (χ3v) is 5.78. The molecular weight excluding hydrogens is 360 g/mol. The maximum atomic E-state index is 12.5. The third-order valence-electron chi connectivity index (χ3n) is 4.73. The fourth-order valence-corrected chi connectivity index (χ4v) is 4.27. The van der Waals surface area contributed by atoms with Crippen molar-refractivity contribution in [1.82, 2.24) is 15.2 Å².